The number of unbranched alkanes of at least 4 members (excludes halogenated alkanes) is 2. The van der Waals surface area contributed by atoms with E-state index in [0.29, 0.717) is 70.6 Å². The van der Waals surface area contributed by atoms with Gasteiger partial charge in [-0.3, -0.25) is 23.8 Å². The molecule has 3 amide bonds. The van der Waals surface area contributed by atoms with Gasteiger partial charge in [0.25, 0.3) is 10.0 Å². The zero-order valence-electron chi connectivity index (χ0n) is 43.8. The van der Waals surface area contributed by atoms with Crippen LogP contribution < -0.4 is 30.6 Å². The molecule has 0 unspecified atom stereocenters. The molecule has 1 aliphatic heterocycles. The van der Waals surface area contributed by atoms with Gasteiger partial charge in [0.05, 0.1) is 45.4 Å². The number of aromatic nitrogens is 5. The number of nitrogens with two attached hydrogens (primary N) is 1. The number of nitrogen functional groups attached to an aromatic ring is 1. The molecule has 3 aromatic carbocycles. The van der Waals surface area contributed by atoms with Gasteiger partial charge in [-0.25, -0.2) is 27.8 Å². The Balaban J connectivity index is 0.849. The molecule has 0 spiro atoms. The van der Waals surface area contributed by atoms with E-state index in [9.17, 15) is 41.1 Å². The summed E-state index contributed by atoms with van der Waals surface area (Å²) in [5, 5.41) is 21.7. The van der Waals surface area contributed by atoms with Gasteiger partial charge in [-0.05, 0) is 85.5 Å². The average Bonchev–Trinajstić information content (AvgIpc) is 4.17. The van der Waals surface area contributed by atoms with Crippen LogP contribution in [0.5, 0.6) is 11.6 Å². The molecule has 0 saturated carbocycles. The Morgan fingerprint density at radius 3 is 2.32 bits per heavy atom. The van der Waals surface area contributed by atoms with Gasteiger partial charge in [0.1, 0.15) is 41.3 Å². The summed E-state index contributed by atoms with van der Waals surface area (Å²) >= 11 is 1.56. The van der Waals surface area contributed by atoms with Crippen LogP contribution in [0.15, 0.2) is 96.8 Å². The van der Waals surface area contributed by atoms with Crippen molar-refractivity contribution in [2.45, 2.75) is 103 Å². The number of benzene rings is 3. The van der Waals surface area contributed by atoms with Gasteiger partial charge < -0.3 is 35.8 Å². The number of hydrogen-bond acceptors (Lipinski definition) is 14. The summed E-state index contributed by atoms with van der Waals surface area (Å²) in [7, 11) is -3.38. The molecule has 4 atom stereocenters. The van der Waals surface area contributed by atoms with Gasteiger partial charge in [0, 0.05) is 68.1 Å². The lowest BCUT2D eigenvalue weighted by Gasteiger charge is -2.35. The number of hydrogen-bond donors (Lipinski definition) is 5. The van der Waals surface area contributed by atoms with E-state index >= 15 is 0 Å². The number of aliphatic hydroxyl groups excluding tert-OH is 1. The smallest absolute Gasteiger partial charge is 0.355 e. The summed E-state index contributed by atoms with van der Waals surface area (Å²) in [6.07, 6.45) is 3.53. The number of β-amino-alcohol motifs (C(OH)–C–C–N with tert-alkyl or cyclic N) is 1. The van der Waals surface area contributed by atoms with E-state index in [1.807, 2.05) is 56.7 Å². The van der Waals surface area contributed by atoms with E-state index in [1.165, 1.54) is 47.4 Å². The Kier molecular flexibility index (Phi) is 17.4. The van der Waals surface area contributed by atoms with Gasteiger partial charge >= 0.3 is 5.76 Å². The first-order valence-electron chi connectivity index (χ1n) is 25.2. The fourth-order valence-electron chi connectivity index (χ4n) is 9.17. The van der Waals surface area contributed by atoms with E-state index in [2.05, 4.69) is 25.6 Å². The number of fused-ring (bicyclic) bond motifs is 1. The van der Waals surface area contributed by atoms with Crippen molar-refractivity contribution in [3.63, 3.8) is 0 Å². The largest absolute Gasteiger partial charge is 0.484 e. The summed E-state index contributed by atoms with van der Waals surface area (Å²) in [5.41, 5.74) is 13.3. The maximum absolute atomic E-state index is 14.1. The zero-order chi connectivity index (χ0) is 56.1. The van der Waals surface area contributed by atoms with Crippen LogP contribution in [-0.2, 0) is 38.0 Å². The van der Waals surface area contributed by atoms with Crippen molar-refractivity contribution in [1.82, 2.24) is 40.3 Å². The second-order valence-electron chi connectivity index (χ2n) is 20.2. The fourth-order valence-corrected chi connectivity index (χ4v) is 10.5. The minimum Gasteiger partial charge on any atom is -0.484 e. The standard InChI is InChI=1S/C55H61F3N10O8S2/c1-31-49(77-30-63-31)35-13-11-33(12-14-35)26-62-52(71)42-25-39(69)29-68(42)53(72)50(55(3,4)5)64-44(70)10-8-7-9-23-75-45-22-18-37(27-60-45)40-28-61-51(59)46-47(65-67(6)48(40)46)36-17-21-41(66-78(73,74)54(57)58)43(24-36)76-32(2)34-15-19-38(56)20-16-34/h11-22,24,27-28,30,32,39,42,50,54,66,69H,7-10,23,25-26,29H2,1-6H3,(H2,59,61)(H,62,71)(H,64,70)/t32-,39+,42-,50+/m0/s1. The number of halogens is 3. The quantitative estimate of drug-likeness (QED) is 0.0423. The normalized spacial score (nSPS) is 15.6. The third kappa shape index (κ3) is 13.2. The molecular weight excluding hydrogens is 1050 g/mol. The number of rotatable bonds is 21. The number of amides is 3. The minimum atomic E-state index is -5.09. The van der Waals surface area contributed by atoms with Crippen LogP contribution in [-0.4, -0.2) is 98.0 Å². The lowest BCUT2D eigenvalue weighted by atomic mass is 9.85. The Bertz CT molecular complexity index is 3390. The van der Waals surface area contributed by atoms with Gasteiger partial charge in [-0.1, -0.05) is 63.2 Å². The zero-order valence-corrected chi connectivity index (χ0v) is 45.4. The van der Waals surface area contributed by atoms with Crippen molar-refractivity contribution in [3.8, 4) is 44.5 Å². The number of nitrogens with zero attached hydrogens (tertiary/aromatic N) is 6. The van der Waals surface area contributed by atoms with E-state index in [0.717, 1.165) is 21.7 Å². The highest BCUT2D eigenvalue weighted by atomic mass is 32.2. The molecule has 6 N–H and O–H groups in total. The summed E-state index contributed by atoms with van der Waals surface area (Å²) in [4.78, 5) is 56.7. The third-order valence-electron chi connectivity index (χ3n) is 13.3. The van der Waals surface area contributed by atoms with E-state index in [1.54, 1.807) is 60.0 Å². The number of likely N-dealkylation sites (tertiary alicyclic amines) is 1. The summed E-state index contributed by atoms with van der Waals surface area (Å²) in [6, 6.07) is 19.1. The molecule has 1 fully saturated rings. The summed E-state index contributed by atoms with van der Waals surface area (Å²) < 4.78 is 80.7. The first-order valence-corrected chi connectivity index (χ1v) is 27.6. The highest BCUT2D eigenvalue weighted by Gasteiger charge is 2.44. The van der Waals surface area contributed by atoms with Gasteiger partial charge in [0.2, 0.25) is 23.6 Å². The number of anilines is 2. The number of pyridine rings is 2. The second kappa shape index (κ2) is 23.9. The molecule has 78 heavy (non-hydrogen) atoms. The lowest BCUT2D eigenvalue weighted by molar-refractivity contribution is -0.144. The average molecular weight is 1110 g/mol. The van der Waals surface area contributed by atoms with Crippen LogP contribution in [0.4, 0.5) is 24.7 Å². The van der Waals surface area contributed by atoms with Crippen LogP contribution in [0, 0.1) is 18.2 Å². The van der Waals surface area contributed by atoms with Crippen LogP contribution in [0.25, 0.3) is 43.7 Å². The lowest BCUT2D eigenvalue weighted by Crippen LogP contribution is -2.57. The molecule has 5 heterocycles. The molecule has 4 aromatic heterocycles. The maximum Gasteiger partial charge on any atom is 0.355 e. The molecular formula is C55H61F3N10O8S2. The number of thiazole rings is 1. The predicted molar refractivity (Wildman–Crippen MR) is 291 cm³/mol. The van der Waals surface area contributed by atoms with Crippen molar-refractivity contribution in [1.29, 1.82) is 0 Å². The Morgan fingerprint density at radius 1 is 0.936 bits per heavy atom. The number of aliphatic hydroxyl groups is 1. The molecule has 23 heteroatoms. The number of carbonyl (C=O) groups excluding carboxylic acids is 3. The molecule has 7 aromatic rings. The number of nitrogens with one attached hydrogen (secondary N) is 3. The monoisotopic (exact) mass is 1110 g/mol. The van der Waals surface area contributed by atoms with Crippen molar-refractivity contribution >= 4 is 61.5 Å². The number of aryl methyl sites for hydroxylation is 2. The molecule has 0 radical (unpaired) electrons. The summed E-state index contributed by atoms with van der Waals surface area (Å²) in [5.74, 6) is -4.94. The number of sulfonamides is 1. The van der Waals surface area contributed by atoms with Crippen molar-refractivity contribution in [2.24, 2.45) is 12.5 Å². The van der Waals surface area contributed by atoms with Crippen molar-refractivity contribution < 1.29 is 50.6 Å². The van der Waals surface area contributed by atoms with Crippen LogP contribution >= 0.6 is 11.3 Å². The van der Waals surface area contributed by atoms with Gasteiger partial charge in [-0.2, -0.15) is 13.9 Å². The summed E-state index contributed by atoms with van der Waals surface area (Å²) in [6.45, 7) is 9.63. The Morgan fingerprint density at radius 2 is 1.65 bits per heavy atom. The topological polar surface area (TPSA) is 246 Å². The molecule has 0 bridgehead atoms. The molecule has 1 saturated heterocycles. The predicted octanol–water partition coefficient (Wildman–Crippen LogP) is 8.70. The van der Waals surface area contributed by atoms with E-state index in [4.69, 9.17) is 20.3 Å². The Labute approximate surface area is 453 Å². The molecule has 412 valence electrons. The molecule has 18 nitrogen and oxygen atoms in total. The van der Waals surface area contributed by atoms with Gasteiger partial charge in [0.15, 0.2) is 0 Å². The van der Waals surface area contributed by atoms with E-state index in [-0.39, 0.29) is 55.0 Å². The minimum absolute atomic E-state index is 0.0291. The maximum atomic E-state index is 14.1. The highest BCUT2D eigenvalue weighted by Crippen LogP contribution is 2.41. The van der Waals surface area contributed by atoms with Crippen LogP contribution in [0.1, 0.15) is 82.7 Å². The van der Waals surface area contributed by atoms with Crippen LogP contribution in [0.3, 0.4) is 0 Å². The number of carbonyl (C=O) groups is 3. The first-order chi connectivity index (χ1) is 37.1. The molecule has 1 aliphatic rings. The van der Waals surface area contributed by atoms with Crippen molar-refractivity contribution in [3.05, 3.63) is 119 Å². The third-order valence-corrected chi connectivity index (χ3v) is 15.3. The second-order valence-corrected chi connectivity index (χ2v) is 22.7. The molecule has 8 rings (SSSR count). The first kappa shape index (κ1) is 56.6. The van der Waals surface area contributed by atoms with Gasteiger partial charge in [-0.15, -0.1) is 11.3 Å². The number of alkyl halides is 2. The van der Waals surface area contributed by atoms with Crippen molar-refractivity contribution in [2.75, 3.05) is 23.6 Å². The molecule has 0 aliphatic carbocycles. The van der Waals surface area contributed by atoms with Crippen LogP contribution in [0.2, 0.25) is 0 Å². The fraction of sp³-hybridized carbons (Fsp3) is 0.364. The van der Waals surface area contributed by atoms with E-state index < -0.39 is 57.2 Å². The SMILES string of the molecule is Cc1ncsc1-c1ccc(CNC(=O)[C@@H]2C[C@@H](O)CN2C(=O)[C@@H](NC(=O)CCCCCOc2ccc(-c3cnc(N)c4c(-c5ccc(NS(=O)(=O)C(F)F)c(O[C@@H](C)c6ccc(F)cc6)c5)nn(C)c34)cn2)C(C)(C)C)cc1. The Hall–Kier alpha value is -7.63. The number of ether oxygens (including phenoxy) is 2. The highest BCUT2D eigenvalue weighted by molar-refractivity contribution is 7.93.